The van der Waals surface area contributed by atoms with Gasteiger partial charge in [-0.1, -0.05) is 26.0 Å². The van der Waals surface area contributed by atoms with Gasteiger partial charge in [0.15, 0.2) is 0 Å². The van der Waals surface area contributed by atoms with Crippen molar-refractivity contribution in [3.8, 4) is 0 Å². The molecule has 0 aromatic heterocycles. The fourth-order valence-electron chi connectivity index (χ4n) is 0.167. The van der Waals surface area contributed by atoms with Crippen molar-refractivity contribution in [1.29, 1.82) is 0 Å². The van der Waals surface area contributed by atoms with Crippen LogP contribution in [0.3, 0.4) is 0 Å². The molecule has 0 atom stereocenters. The fraction of sp³-hybridized carbons (Fsp3) is 0.600. The van der Waals surface area contributed by atoms with Crippen LogP contribution in [0, 0.1) is 6.58 Å². The highest BCUT2D eigenvalue weighted by Crippen LogP contribution is 1.81. The van der Waals surface area contributed by atoms with Gasteiger partial charge in [-0.25, -0.2) is 0 Å². The molecule has 0 nitrogen and oxygen atoms in total. The fourth-order valence-corrected chi connectivity index (χ4v) is 0.167. The molecule has 0 aliphatic rings. The molecule has 0 aromatic rings. The summed E-state index contributed by atoms with van der Waals surface area (Å²) in [5.41, 5.74) is 0. The first kappa shape index (κ1) is 4.74. The first-order valence-electron chi connectivity index (χ1n) is 1.95. The molecular formula is C5H9. The average molecular weight is 69.1 g/mol. The van der Waals surface area contributed by atoms with Gasteiger partial charge < -0.3 is 0 Å². The summed E-state index contributed by atoms with van der Waals surface area (Å²) in [6, 6.07) is 0. The zero-order valence-corrected chi connectivity index (χ0v) is 3.57. The Bertz CT molecular complexity index is 21.2. The van der Waals surface area contributed by atoms with Crippen molar-refractivity contribution in [2.24, 2.45) is 0 Å². The van der Waals surface area contributed by atoms with Gasteiger partial charge in [-0.2, -0.15) is 0 Å². The summed E-state index contributed by atoms with van der Waals surface area (Å²) in [6.07, 6.45) is 3.89. The number of hydrogen-bond acceptors (Lipinski definition) is 0. The predicted molar refractivity (Wildman–Crippen MR) is 23.8 cm³/mol. The molecule has 0 saturated carbocycles. The highest BCUT2D eigenvalue weighted by atomic mass is 13.7. The minimum Gasteiger partial charge on any atom is -0.0846 e. The van der Waals surface area contributed by atoms with E-state index in [1.54, 1.807) is 6.08 Å². The Morgan fingerprint density at radius 3 is 2.40 bits per heavy atom. The minimum atomic E-state index is 1.04. The molecule has 0 bridgehead atoms. The molecule has 0 aliphatic heterocycles. The number of allylic oxidation sites excluding steroid dienone is 1. The van der Waals surface area contributed by atoms with E-state index in [0.29, 0.717) is 0 Å². The van der Waals surface area contributed by atoms with E-state index in [4.69, 9.17) is 6.58 Å². The summed E-state index contributed by atoms with van der Waals surface area (Å²) in [5.74, 6) is 0. The molecule has 0 heterocycles. The Balaban J connectivity index is 2.40. The van der Waals surface area contributed by atoms with Gasteiger partial charge in [-0.05, 0) is 6.42 Å². The van der Waals surface area contributed by atoms with Gasteiger partial charge in [0.25, 0.3) is 0 Å². The van der Waals surface area contributed by atoms with Crippen molar-refractivity contribution in [2.75, 3.05) is 0 Å². The van der Waals surface area contributed by atoms with Gasteiger partial charge in [0.05, 0.1) is 0 Å². The van der Waals surface area contributed by atoms with E-state index in [-0.39, 0.29) is 0 Å². The lowest BCUT2D eigenvalue weighted by atomic mass is 10.3. The van der Waals surface area contributed by atoms with Crippen molar-refractivity contribution < 1.29 is 0 Å². The normalized spacial score (nSPS) is 7.40. The van der Waals surface area contributed by atoms with Crippen LogP contribution in [-0.4, -0.2) is 0 Å². The monoisotopic (exact) mass is 69.1 g/mol. The lowest BCUT2D eigenvalue weighted by Crippen LogP contribution is -1.52. The predicted octanol–water partition coefficient (Wildman–Crippen LogP) is 1.78. The smallest absolute Gasteiger partial charge is 0.0350 e. The standard InChI is InChI=1S/C5H9/c1-3-5-4-2/h1,3H,4-5H2,2H3. The molecule has 0 aliphatic carbocycles. The first-order chi connectivity index (χ1) is 2.41. The van der Waals surface area contributed by atoms with Crippen LogP contribution in [0.15, 0.2) is 6.08 Å². The lowest BCUT2D eigenvalue weighted by molar-refractivity contribution is 0.960. The van der Waals surface area contributed by atoms with Crippen LogP contribution in [-0.2, 0) is 0 Å². The zero-order chi connectivity index (χ0) is 4.12. The molecule has 0 fully saturated rings. The van der Waals surface area contributed by atoms with Crippen LogP contribution >= 0.6 is 0 Å². The molecule has 0 spiro atoms. The van der Waals surface area contributed by atoms with Gasteiger partial charge in [0.1, 0.15) is 0 Å². The third-order valence-electron chi connectivity index (χ3n) is 0.455. The highest BCUT2D eigenvalue weighted by Gasteiger charge is 1.62. The van der Waals surface area contributed by atoms with Crippen LogP contribution in [0.2, 0.25) is 0 Å². The van der Waals surface area contributed by atoms with Crippen molar-refractivity contribution in [1.82, 2.24) is 0 Å². The number of unbranched alkanes of at least 4 members (excludes halogenated alkanes) is 1. The SMILES string of the molecule is [CH]=CCCC. The Hall–Kier alpha value is -0.260. The van der Waals surface area contributed by atoms with Crippen molar-refractivity contribution in [3.05, 3.63) is 12.7 Å². The lowest BCUT2D eigenvalue weighted by Gasteiger charge is -1.72. The highest BCUT2D eigenvalue weighted by molar-refractivity contribution is 4.58. The summed E-state index contributed by atoms with van der Waals surface area (Å²) in [7, 11) is 0. The molecule has 0 amide bonds. The second kappa shape index (κ2) is 3.74. The van der Waals surface area contributed by atoms with Crippen LogP contribution in [0.4, 0.5) is 0 Å². The molecule has 0 saturated heterocycles. The third kappa shape index (κ3) is 3.74. The second-order valence-corrected chi connectivity index (χ2v) is 1.02. The van der Waals surface area contributed by atoms with E-state index < -0.39 is 0 Å². The quantitative estimate of drug-likeness (QED) is 0.463. The second-order valence-electron chi connectivity index (χ2n) is 1.02. The van der Waals surface area contributed by atoms with Gasteiger partial charge in [-0.3, -0.25) is 0 Å². The maximum atomic E-state index is 5.01. The van der Waals surface area contributed by atoms with Crippen LogP contribution in [0.1, 0.15) is 19.8 Å². The Morgan fingerprint density at radius 2 is 2.40 bits per heavy atom. The summed E-state index contributed by atoms with van der Waals surface area (Å²) >= 11 is 0. The van der Waals surface area contributed by atoms with E-state index in [1.807, 2.05) is 0 Å². The Kier molecular flexibility index (Phi) is 3.55. The maximum Gasteiger partial charge on any atom is -0.0350 e. The molecule has 1 radical (unpaired) electrons. The molecule has 0 N–H and O–H groups in total. The maximum absolute atomic E-state index is 5.01. The van der Waals surface area contributed by atoms with E-state index in [9.17, 15) is 0 Å². The number of hydrogen-bond donors (Lipinski definition) is 0. The molecule has 0 rings (SSSR count). The van der Waals surface area contributed by atoms with Crippen LogP contribution < -0.4 is 0 Å². The largest absolute Gasteiger partial charge is 0.0846 e. The summed E-state index contributed by atoms with van der Waals surface area (Å²) in [5, 5.41) is 0. The molecule has 0 unspecified atom stereocenters. The third-order valence-corrected chi connectivity index (χ3v) is 0.455. The molecule has 29 valence electrons. The van der Waals surface area contributed by atoms with Crippen molar-refractivity contribution in [2.45, 2.75) is 19.8 Å². The topological polar surface area (TPSA) is 0 Å². The summed E-state index contributed by atoms with van der Waals surface area (Å²) in [4.78, 5) is 0. The van der Waals surface area contributed by atoms with Crippen LogP contribution in [0.5, 0.6) is 0 Å². The van der Waals surface area contributed by atoms with Crippen LogP contribution in [0.25, 0.3) is 0 Å². The molecule has 5 heavy (non-hydrogen) atoms. The Labute approximate surface area is 33.5 Å². The zero-order valence-electron chi connectivity index (χ0n) is 3.57. The van der Waals surface area contributed by atoms with Gasteiger partial charge >= 0.3 is 0 Å². The molecule has 0 heteroatoms. The van der Waals surface area contributed by atoms with Gasteiger partial charge in [0, 0.05) is 0 Å². The minimum absolute atomic E-state index is 1.04. The summed E-state index contributed by atoms with van der Waals surface area (Å²) in [6.45, 7) is 7.11. The van der Waals surface area contributed by atoms with E-state index in [1.165, 1.54) is 0 Å². The number of rotatable bonds is 2. The van der Waals surface area contributed by atoms with Gasteiger partial charge in [-0.15, -0.1) is 0 Å². The van der Waals surface area contributed by atoms with Crippen molar-refractivity contribution >= 4 is 0 Å². The average Bonchev–Trinajstić information content (AvgIpc) is 1.41. The van der Waals surface area contributed by atoms with E-state index >= 15 is 0 Å². The molecular weight excluding hydrogens is 60.1 g/mol. The molecule has 0 aromatic carbocycles. The van der Waals surface area contributed by atoms with E-state index in [0.717, 1.165) is 12.8 Å². The summed E-state index contributed by atoms with van der Waals surface area (Å²) < 4.78 is 0. The van der Waals surface area contributed by atoms with Gasteiger partial charge in [0.2, 0.25) is 0 Å². The first-order valence-corrected chi connectivity index (χ1v) is 1.95. The van der Waals surface area contributed by atoms with E-state index in [2.05, 4.69) is 6.92 Å². The van der Waals surface area contributed by atoms with Crippen molar-refractivity contribution in [3.63, 3.8) is 0 Å². The Morgan fingerprint density at radius 1 is 1.80 bits per heavy atom.